The Morgan fingerprint density at radius 3 is 1.08 bits per heavy atom. The first-order valence-electron chi connectivity index (χ1n) is 6.74. The highest BCUT2D eigenvalue weighted by atomic mass is 19.4. The molecule has 138 valence electrons. The van der Waals surface area contributed by atoms with Gasteiger partial charge in [-0.2, -0.15) is 35.1 Å². The van der Waals surface area contributed by atoms with Gasteiger partial charge in [-0.1, -0.05) is 0 Å². The summed E-state index contributed by atoms with van der Waals surface area (Å²) < 4.78 is 109. The number of amides is 2. The van der Waals surface area contributed by atoms with Crippen molar-refractivity contribution >= 4 is 11.8 Å². The number of carbonyl (C=O) groups excluding carboxylic acids is 2. The van der Waals surface area contributed by atoms with E-state index in [4.69, 9.17) is 0 Å². The van der Waals surface area contributed by atoms with E-state index in [1.165, 1.54) is 13.8 Å². The largest absolute Gasteiger partial charge is 0.393 e. The molecule has 0 aromatic carbocycles. The number of nitrogens with zero attached hydrogens (tertiary/aromatic N) is 2. The molecule has 0 aromatic rings. The van der Waals surface area contributed by atoms with Crippen molar-refractivity contribution in [2.45, 2.75) is 49.6 Å². The Hall–Kier alpha value is -1.62. The van der Waals surface area contributed by atoms with Crippen molar-refractivity contribution in [1.82, 2.24) is 9.80 Å². The van der Waals surface area contributed by atoms with Crippen LogP contribution in [-0.4, -0.2) is 70.5 Å². The second kappa shape index (κ2) is 4.94. The quantitative estimate of drug-likeness (QED) is 0.550. The monoisotopic (exact) mass is 368 g/mol. The minimum Gasteiger partial charge on any atom is -0.331 e. The molecule has 2 unspecified atom stereocenters. The maximum Gasteiger partial charge on any atom is 0.393 e. The second-order valence-corrected chi connectivity index (χ2v) is 5.91. The lowest BCUT2D eigenvalue weighted by molar-refractivity contribution is -0.349. The van der Waals surface area contributed by atoms with Gasteiger partial charge in [0, 0.05) is 25.2 Å². The van der Waals surface area contributed by atoms with E-state index < -0.39 is 60.7 Å². The molecule has 0 N–H and O–H groups in total. The number of carbonyl (C=O) groups is 2. The molecule has 4 nitrogen and oxygen atoms in total. The molecule has 2 fully saturated rings. The van der Waals surface area contributed by atoms with Crippen LogP contribution in [0, 0.1) is 0 Å². The lowest BCUT2D eigenvalue weighted by Gasteiger charge is -2.35. The normalized spacial score (nSPS) is 24.9. The minimum atomic E-state index is -6.77. The summed E-state index contributed by atoms with van der Waals surface area (Å²) in [6, 6.07) is -1.79. The first-order chi connectivity index (χ1) is 10.6. The zero-order valence-corrected chi connectivity index (χ0v) is 12.3. The number of hydrogen-bond donors (Lipinski definition) is 0. The van der Waals surface area contributed by atoms with E-state index in [-0.39, 0.29) is 9.80 Å². The molecule has 0 aliphatic carbocycles. The highest BCUT2D eigenvalue weighted by Crippen LogP contribution is 2.54. The van der Waals surface area contributed by atoms with Gasteiger partial charge >= 0.3 is 23.7 Å². The summed E-state index contributed by atoms with van der Waals surface area (Å²) in [5, 5.41) is 0. The van der Waals surface area contributed by atoms with Crippen LogP contribution in [0.15, 0.2) is 0 Å². The van der Waals surface area contributed by atoms with Crippen LogP contribution >= 0.6 is 0 Å². The predicted octanol–water partition coefficient (Wildman–Crippen LogP) is 1.99. The van der Waals surface area contributed by atoms with Crippen molar-refractivity contribution in [2.24, 2.45) is 0 Å². The summed E-state index contributed by atoms with van der Waals surface area (Å²) in [5.41, 5.74) is 0. The summed E-state index contributed by atoms with van der Waals surface area (Å²) in [6.07, 6.45) is 0. The zero-order valence-electron chi connectivity index (χ0n) is 12.3. The molecule has 24 heavy (non-hydrogen) atoms. The molecule has 0 aromatic heterocycles. The highest BCUT2D eigenvalue weighted by molar-refractivity contribution is 5.89. The van der Waals surface area contributed by atoms with Gasteiger partial charge in [0.1, 0.15) is 0 Å². The maximum atomic E-state index is 13.6. The molecule has 0 saturated carbocycles. The molecule has 2 amide bonds. The second-order valence-electron chi connectivity index (χ2n) is 5.91. The minimum absolute atomic E-state index is 0.135. The van der Waals surface area contributed by atoms with Crippen LogP contribution in [0.5, 0.6) is 0 Å². The fraction of sp³-hybridized carbons (Fsp3) is 0.833. The van der Waals surface area contributed by atoms with E-state index in [0.29, 0.717) is 0 Å². The number of hydrogen-bond acceptors (Lipinski definition) is 2. The van der Waals surface area contributed by atoms with Crippen molar-refractivity contribution in [2.75, 3.05) is 13.1 Å². The molecule has 2 saturated heterocycles. The van der Waals surface area contributed by atoms with Gasteiger partial charge in [-0.3, -0.25) is 9.59 Å². The van der Waals surface area contributed by atoms with E-state index in [1.54, 1.807) is 0 Å². The number of halogens is 8. The van der Waals surface area contributed by atoms with Gasteiger partial charge in [-0.05, 0) is 13.8 Å². The molecule has 2 heterocycles. The summed E-state index contributed by atoms with van der Waals surface area (Å²) in [6.45, 7) is 1.56. The SMILES string of the molecule is CC1CN1C(=O)C(F)(F)C(F)(F)C(F)(F)C(F)(F)C(=O)N1CC1C. The van der Waals surface area contributed by atoms with Gasteiger partial charge in [0.25, 0.3) is 11.8 Å². The fourth-order valence-corrected chi connectivity index (χ4v) is 2.06. The molecule has 2 aliphatic rings. The van der Waals surface area contributed by atoms with Crippen molar-refractivity contribution < 1.29 is 44.7 Å². The van der Waals surface area contributed by atoms with Crippen LogP contribution in [0.4, 0.5) is 35.1 Å². The van der Waals surface area contributed by atoms with E-state index in [9.17, 15) is 44.7 Å². The van der Waals surface area contributed by atoms with Crippen molar-refractivity contribution in [1.29, 1.82) is 0 Å². The summed E-state index contributed by atoms with van der Waals surface area (Å²) in [4.78, 5) is 22.8. The summed E-state index contributed by atoms with van der Waals surface area (Å²) in [5.74, 6) is -31.1. The average Bonchev–Trinajstić information content (AvgIpc) is 3.35. The standard InChI is InChI=1S/C12H12F8N2O2/c1-5-3-21(5)7(23)9(13,14)11(17,18)12(19,20)10(15,16)8(24)22-4-6(22)2/h5-6H,3-4H2,1-2H3. The number of rotatable bonds is 5. The maximum absolute atomic E-state index is 13.6. The van der Waals surface area contributed by atoms with Crippen molar-refractivity contribution in [3.8, 4) is 0 Å². The van der Waals surface area contributed by atoms with E-state index in [0.717, 1.165) is 0 Å². The molecule has 2 aliphatic heterocycles. The fourth-order valence-electron chi connectivity index (χ4n) is 2.06. The summed E-state index contributed by atoms with van der Waals surface area (Å²) in [7, 11) is 0. The smallest absolute Gasteiger partial charge is 0.331 e. The Kier molecular flexibility index (Phi) is 3.86. The number of alkyl halides is 8. The van der Waals surface area contributed by atoms with Crippen LogP contribution in [0.1, 0.15) is 13.8 Å². The van der Waals surface area contributed by atoms with Crippen LogP contribution in [0.25, 0.3) is 0 Å². The molecule has 0 bridgehead atoms. The lowest BCUT2D eigenvalue weighted by atomic mass is 9.97. The van der Waals surface area contributed by atoms with Gasteiger partial charge in [-0.15, -0.1) is 0 Å². The summed E-state index contributed by atoms with van der Waals surface area (Å²) >= 11 is 0. The Balaban J connectivity index is 2.34. The van der Waals surface area contributed by atoms with E-state index >= 15 is 0 Å². The Morgan fingerprint density at radius 2 is 0.917 bits per heavy atom. The van der Waals surface area contributed by atoms with Crippen molar-refractivity contribution in [3.63, 3.8) is 0 Å². The third kappa shape index (κ3) is 2.32. The first-order valence-corrected chi connectivity index (χ1v) is 6.74. The lowest BCUT2D eigenvalue weighted by Crippen LogP contribution is -2.67. The zero-order chi connectivity index (χ0) is 18.9. The Labute approximate surface area is 130 Å². The van der Waals surface area contributed by atoms with Gasteiger partial charge in [0.05, 0.1) is 0 Å². The van der Waals surface area contributed by atoms with E-state index in [2.05, 4.69) is 0 Å². The third-order valence-electron chi connectivity index (χ3n) is 3.96. The topological polar surface area (TPSA) is 40.2 Å². The van der Waals surface area contributed by atoms with Crippen LogP contribution in [-0.2, 0) is 9.59 Å². The van der Waals surface area contributed by atoms with Gasteiger partial charge in [0.15, 0.2) is 0 Å². The third-order valence-corrected chi connectivity index (χ3v) is 3.96. The van der Waals surface area contributed by atoms with Crippen molar-refractivity contribution in [3.05, 3.63) is 0 Å². The predicted molar refractivity (Wildman–Crippen MR) is 62.1 cm³/mol. The van der Waals surface area contributed by atoms with Crippen LogP contribution in [0.2, 0.25) is 0 Å². The van der Waals surface area contributed by atoms with Crippen LogP contribution in [0.3, 0.4) is 0 Å². The first kappa shape index (κ1) is 18.7. The molecule has 12 heteroatoms. The molecular weight excluding hydrogens is 356 g/mol. The molecule has 2 atom stereocenters. The molecule has 2 rings (SSSR count). The highest BCUT2D eigenvalue weighted by Gasteiger charge is 2.85. The van der Waals surface area contributed by atoms with E-state index in [1.807, 2.05) is 0 Å². The van der Waals surface area contributed by atoms with Crippen LogP contribution < -0.4 is 0 Å². The van der Waals surface area contributed by atoms with Gasteiger partial charge in [0.2, 0.25) is 0 Å². The average molecular weight is 368 g/mol. The van der Waals surface area contributed by atoms with Gasteiger partial charge < -0.3 is 9.80 Å². The molecule has 0 spiro atoms. The molecule has 0 radical (unpaired) electrons. The molecular formula is C12H12F8N2O2. The Bertz CT molecular complexity index is 529. The Morgan fingerprint density at radius 1 is 0.708 bits per heavy atom. The van der Waals surface area contributed by atoms with Gasteiger partial charge in [-0.25, -0.2) is 0 Å².